The molecule has 0 N–H and O–H groups in total. The predicted octanol–water partition coefficient (Wildman–Crippen LogP) is 18.6. The van der Waals surface area contributed by atoms with E-state index in [-0.39, 0.29) is 0 Å². The molecule has 12 aromatic carbocycles. The van der Waals surface area contributed by atoms with Gasteiger partial charge in [-0.1, -0.05) is 218 Å². The maximum absolute atomic E-state index is 2.48. The number of nitrogens with zero attached hydrogens (tertiary/aromatic N) is 2. The molecular weight excluding hydrogens is 857 g/mol. The molecule has 0 unspecified atom stereocenters. The molecule has 1 aliphatic rings. The largest absolute Gasteiger partial charge is 0.310 e. The van der Waals surface area contributed by atoms with Gasteiger partial charge in [0.2, 0.25) is 0 Å². The monoisotopic (exact) mass is 904 g/mol. The van der Waals surface area contributed by atoms with Crippen LogP contribution in [0.4, 0.5) is 34.1 Å². The van der Waals surface area contributed by atoms with Crippen molar-refractivity contribution in [1.82, 2.24) is 0 Å². The van der Waals surface area contributed by atoms with Gasteiger partial charge in [0.15, 0.2) is 0 Å². The van der Waals surface area contributed by atoms with Gasteiger partial charge in [-0.2, -0.15) is 0 Å². The first-order chi connectivity index (χ1) is 35.2. The highest BCUT2D eigenvalue weighted by Crippen LogP contribution is 2.61. The van der Waals surface area contributed by atoms with Crippen molar-refractivity contribution in [3.63, 3.8) is 0 Å². The molecule has 0 spiro atoms. The predicted molar refractivity (Wildman–Crippen MR) is 299 cm³/mol. The van der Waals surface area contributed by atoms with Crippen LogP contribution in [-0.2, 0) is 5.41 Å². The van der Waals surface area contributed by atoms with Crippen molar-refractivity contribution in [3.05, 3.63) is 313 Å². The van der Waals surface area contributed by atoms with E-state index in [4.69, 9.17) is 0 Å². The van der Waals surface area contributed by atoms with E-state index >= 15 is 0 Å². The molecule has 0 atom stereocenters. The highest BCUT2D eigenvalue weighted by Gasteiger charge is 2.48. The van der Waals surface area contributed by atoms with E-state index < -0.39 is 5.41 Å². The average Bonchev–Trinajstić information content (AvgIpc) is 3.77. The summed E-state index contributed by atoms with van der Waals surface area (Å²) in [4.78, 5) is 4.80. The second kappa shape index (κ2) is 17.7. The molecular formula is C69H48N2. The summed E-state index contributed by atoms with van der Waals surface area (Å²) < 4.78 is 0. The van der Waals surface area contributed by atoms with Crippen molar-refractivity contribution < 1.29 is 0 Å². The van der Waals surface area contributed by atoms with Crippen molar-refractivity contribution in [2.45, 2.75) is 5.41 Å². The number of hydrogen-bond donors (Lipinski definition) is 0. The third-order valence-corrected chi connectivity index (χ3v) is 14.5. The quantitative estimate of drug-likeness (QED) is 0.126. The molecule has 0 aliphatic heterocycles. The zero-order valence-corrected chi connectivity index (χ0v) is 39.1. The minimum atomic E-state index is -0.682. The van der Waals surface area contributed by atoms with Crippen LogP contribution in [0.15, 0.2) is 291 Å². The maximum atomic E-state index is 2.48. The Morgan fingerprint density at radius 1 is 0.239 bits per heavy atom. The lowest BCUT2D eigenvalue weighted by molar-refractivity contribution is 0.776. The fourth-order valence-corrected chi connectivity index (χ4v) is 11.4. The molecule has 1 aliphatic carbocycles. The lowest BCUT2D eigenvalue weighted by Crippen LogP contribution is -2.29. The van der Waals surface area contributed by atoms with Crippen LogP contribution < -0.4 is 9.80 Å². The van der Waals surface area contributed by atoms with Crippen molar-refractivity contribution in [2.75, 3.05) is 9.80 Å². The summed E-state index contributed by atoms with van der Waals surface area (Å²) in [7, 11) is 0. The number of para-hydroxylation sites is 2. The zero-order chi connectivity index (χ0) is 47.1. The highest BCUT2D eigenvalue weighted by molar-refractivity contribution is 6.20. The molecule has 12 aromatic rings. The Morgan fingerprint density at radius 2 is 0.606 bits per heavy atom. The van der Waals surface area contributed by atoms with Gasteiger partial charge >= 0.3 is 0 Å². The smallest absolute Gasteiger partial charge is 0.0720 e. The Hall–Kier alpha value is -9.24. The molecule has 0 saturated heterocycles. The molecule has 13 rings (SSSR count). The zero-order valence-electron chi connectivity index (χ0n) is 39.1. The van der Waals surface area contributed by atoms with Crippen LogP contribution in [-0.4, -0.2) is 0 Å². The van der Waals surface area contributed by atoms with Crippen molar-refractivity contribution >= 4 is 55.7 Å². The molecule has 0 aromatic heterocycles. The normalized spacial score (nSPS) is 12.3. The second-order valence-electron chi connectivity index (χ2n) is 18.4. The Labute approximate surface area is 415 Å². The number of anilines is 6. The first kappa shape index (κ1) is 41.9. The standard InChI is InChI=1S/C69H48N2/c1-7-21-49(22-8-1)51-35-39-57(40-36-51)70(55-29-15-5-16-30-55)59-43-45-63-65(47-59)61-33-19-20-34-62(61)67-64-46-44-60(48-66(64)69(68(63)67,53-25-11-3-12-26-53)54-27-13-4-14-28-54)71(56-31-17-6-18-32-56)58-41-37-52(38-42-58)50-23-9-2-10-24-50/h1-48H. The fraction of sp³-hybridized carbons (Fsp3) is 0.0145. The van der Waals surface area contributed by atoms with E-state index in [0.717, 1.165) is 34.1 Å². The number of rotatable bonds is 10. The van der Waals surface area contributed by atoms with Gasteiger partial charge in [-0.25, -0.2) is 0 Å². The molecule has 0 saturated carbocycles. The molecule has 71 heavy (non-hydrogen) atoms. The number of hydrogen-bond acceptors (Lipinski definition) is 2. The first-order valence-corrected chi connectivity index (χ1v) is 24.5. The summed E-state index contributed by atoms with van der Waals surface area (Å²) in [5, 5.41) is 4.92. The summed E-state index contributed by atoms with van der Waals surface area (Å²) in [6.07, 6.45) is 0. The Kier molecular flexibility index (Phi) is 10.4. The SMILES string of the molecule is c1ccc(-c2ccc(N(c3ccccc3)c3ccc4c(c3)C(c3ccccc3)(c3ccccc3)c3c-4c4ccccc4c4cc(N(c5ccccc5)c5ccc(-c6ccccc6)cc5)ccc34)cc2)cc1. The van der Waals surface area contributed by atoms with E-state index in [1.807, 2.05) is 0 Å². The first-order valence-electron chi connectivity index (χ1n) is 24.5. The van der Waals surface area contributed by atoms with Gasteiger partial charge in [0.25, 0.3) is 0 Å². The fourth-order valence-electron chi connectivity index (χ4n) is 11.4. The van der Waals surface area contributed by atoms with Crippen molar-refractivity contribution in [2.24, 2.45) is 0 Å². The lowest BCUT2D eigenvalue weighted by atomic mass is 9.66. The minimum absolute atomic E-state index is 0.682. The maximum Gasteiger partial charge on any atom is 0.0720 e. The number of fused-ring (bicyclic) bond motifs is 8. The molecule has 334 valence electrons. The summed E-state index contributed by atoms with van der Waals surface area (Å²) in [5.74, 6) is 0. The van der Waals surface area contributed by atoms with Gasteiger partial charge in [-0.3, -0.25) is 0 Å². The van der Waals surface area contributed by atoms with Gasteiger partial charge in [0, 0.05) is 34.1 Å². The molecule has 0 amide bonds. The molecule has 0 fully saturated rings. The summed E-state index contributed by atoms with van der Waals surface area (Å²) in [5.41, 5.74) is 18.2. The van der Waals surface area contributed by atoms with Crippen molar-refractivity contribution in [1.29, 1.82) is 0 Å². The topological polar surface area (TPSA) is 6.48 Å². The summed E-state index contributed by atoms with van der Waals surface area (Å²) in [6, 6.07) is 107. The van der Waals surface area contributed by atoms with Gasteiger partial charge in [0.05, 0.1) is 5.41 Å². The van der Waals surface area contributed by atoms with Gasteiger partial charge in [0.1, 0.15) is 0 Å². The van der Waals surface area contributed by atoms with Crippen LogP contribution in [0, 0.1) is 0 Å². The lowest BCUT2D eigenvalue weighted by Gasteiger charge is -2.36. The second-order valence-corrected chi connectivity index (χ2v) is 18.4. The van der Waals surface area contributed by atoms with Gasteiger partial charge < -0.3 is 9.80 Å². The van der Waals surface area contributed by atoms with Crippen molar-refractivity contribution in [3.8, 4) is 33.4 Å². The van der Waals surface area contributed by atoms with E-state index in [1.54, 1.807) is 0 Å². The summed E-state index contributed by atoms with van der Waals surface area (Å²) in [6.45, 7) is 0. The Bertz CT molecular complexity index is 3780. The van der Waals surface area contributed by atoms with Crippen LogP contribution in [0.3, 0.4) is 0 Å². The molecule has 2 nitrogen and oxygen atoms in total. The van der Waals surface area contributed by atoms with Crippen LogP contribution in [0.1, 0.15) is 22.3 Å². The highest BCUT2D eigenvalue weighted by atomic mass is 15.1. The third-order valence-electron chi connectivity index (χ3n) is 14.5. The van der Waals surface area contributed by atoms with E-state index in [2.05, 4.69) is 301 Å². The average molecular weight is 905 g/mol. The molecule has 0 bridgehead atoms. The van der Waals surface area contributed by atoms with Gasteiger partial charge in [-0.15, -0.1) is 0 Å². The third kappa shape index (κ3) is 7.11. The minimum Gasteiger partial charge on any atom is -0.310 e. The van der Waals surface area contributed by atoms with E-state index in [9.17, 15) is 0 Å². The van der Waals surface area contributed by atoms with E-state index in [0.29, 0.717) is 0 Å². The Morgan fingerprint density at radius 3 is 1.10 bits per heavy atom. The van der Waals surface area contributed by atoms with Crippen LogP contribution in [0.25, 0.3) is 54.9 Å². The Balaban J connectivity index is 1.06. The molecule has 0 radical (unpaired) electrons. The van der Waals surface area contributed by atoms with E-state index in [1.165, 1.54) is 77.2 Å². The van der Waals surface area contributed by atoms with Crippen LogP contribution in [0.5, 0.6) is 0 Å². The number of benzene rings is 12. The molecule has 2 heteroatoms. The van der Waals surface area contributed by atoms with Gasteiger partial charge in [-0.05, 0) is 150 Å². The summed E-state index contributed by atoms with van der Waals surface area (Å²) >= 11 is 0. The molecule has 0 heterocycles. The van der Waals surface area contributed by atoms with Crippen LogP contribution >= 0.6 is 0 Å². The van der Waals surface area contributed by atoms with Crippen LogP contribution in [0.2, 0.25) is 0 Å².